The van der Waals surface area contributed by atoms with Gasteiger partial charge in [-0.25, -0.2) is 0 Å². The van der Waals surface area contributed by atoms with Crippen molar-refractivity contribution < 1.29 is 9.53 Å². The van der Waals surface area contributed by atoms with Gasteiger partial charge in [0.1, 0.15) is 0 Å². The smallest absolute Gasteiger partial charge is 0.316 e. The average molecular weight is 519 g/mol. The van der Waals surface area contributed by atoms with Crippen molar-refractivity contribution in [2.75, 3.05) is 44.2 Å². The summed E-state index contributed by atoms with van der Waals surface area (Å²) in [6, 6.07) is 26.9. The lowest BCUT2D eigenvalue weighted by Gasteiger charge is -2.37. The Morgan fingerprint density at radius 1 is 0.892 bits per heavy atom. The van der Waals surface area contributed by atoms with Crippen molar-refractivity contribution in [1.29, 1.82) is 0 Å². The van der Waals surface area contributed by atoms with Crippen molar-refractivity contribution in [3.8, 4) is 11.1 Å². The molecule has 3 aromatic carbocycles. The third-order valence-corrected chi connectivity index (χ3v) is 7.96. The van der Waals surface area contributed by atoms with Crippen LogP contribution < -0.4 is 4.90 Å². The maximum Gasteiger partial charge on any atom is 0.316 e. The number of halogens is 1. The van der Waals surface area contributed by atoms with Gasteiger partial charge in [-0.1, -0.05) is 86.1 Å². The number of anilines is 1. The van der Waals surface area contributed by atoms with E-state index in [0.29, 0.717) is 6.61 Å². The third kappa shape index (κ3) is 6.55. The van der Waals surface area contributed by atoms with Gasteiger partial charge in [-0.3, -0.25) is 9.69 Å². The first kappa shape index (κ1) is 27.2. The minimum Gasteiger partial charge on any atom is -0.465 e. The second-order valence-electron chi connectivity index (χ2n) is 9.90. The molecule has 196 valence electrons. The number of rotatable bonds is 11. The lowest BCUT2D eigenvalue weighted by molar-refractivity contribution is -0.151. The molecule has 0 amide bonds. The summed E-state index contributed by atoms with van der Waals surface area (Å²) in [7, 11) is 0. The van der Waals surface area contributed by atoms with Crippen LogP contribution in [0, 0.1) is 0 Å². The van der Waals surface area contributed by atoms with Gasteiger partial charge in [-0.05, 0) is 61.6 Å². The number of carbonyl (C=O) groups is 1. The zero-order chi connectivity index (χ0) is 26.1. The predicted molar refractivity (Wildman–Crippen MR) is 154 cm³/mol. The molecule has 1 heterocycles. The molecule has 1 fully saturated rings. The second kappa shape index (κ2) is 13.1. The minimum atomic E-state index is -0.568. The molecule has 0 saturated carbocycles. The van der Waals surface area contributed by atoms with Crippen LogP contribution in [0.1, 0.15) is 45.1 Å². The Hall–Kier alpha value is -2.82. The van der Waals surface area contributed by atoms with Gasteiger partial charge in [0.05, 0.1) is 12.0 Å². The first-order valence-corrected chi connectivity index (χ1v) is 14.0. The SMILES string of the molecule is CCCOC(=O)C(CC)(CCCN1CCN(c2ccc(-c3ccccc3Cl)cc2)CC1)c1ccccc1. The summed E-state index contributed by atoms with van der Waals surface area (Å²) >= 11 is 6.38. The fourth-order valence-electron chi connectivity index (χ4n) is 5.36. The van der Waals surface area contributed by atoms with E-state index in [1.165, 1.54) is 5.69 Å². The van der Waals surface area contributed by atoms with E-state index in [4.69, 9.17) is 16.3 Å². The van der Waals surface area contributed by atoms with Crippen LogP contribution in [0.3, 0.4) is 0 Å². The van der Waals surface area contributed by atoms with E-state index in [-0.39, 0.29) is 5.97 Å². The van der Waals surface area contributed by atoms with Gasteiger partial charge >= 0.3 is 5.97 Å². The fourth-order valence-corrected chi connectivity index (χ4v) is 5.61. The van der Waals surface area contributed by atoms with E-state index in [9.17, 15) is 4.79 Å². The second-order valence-corrected chi connectivity index (χ2v) is 10.3. The highest BCUT2D eigenvalue weighted by Gasteiger charge is 2.39. The van der Waals surface area contributed by atoms with Crippen molar-refractivity contribution >= 4 is 23.3 Å². The Kier molecular flexibility index (Phi) is 9.65. The van der Waals surface area contributed by atoms with E-state index in [0.717, 1.165) is 80.1 Å². The normalized spacial score (nSPS) is 15.8. The Labute approximate surface area is 227 Å². The standard InChI is InChI=1S/C32H39ClN2O2/c1-3-25-37-31(36)32(4-2,27-11-6-5-7-12-27)19-10-20-34-21-23-35(24-22-34)28-17-15-26(16-18-28)29-13-8-9-14-30(29)33/h5-9,11-18H,3-4,10,19-25H2,1-2H3. The number of piperazine rings is 1. The average Bonchev–Trinajstić information content (AvgIpc) is 2.95. The summed E-state index contributed by atoms with van der Waals surface area (Å²) < 4.78 is 5.68. The molecule has 0 radical (unpaired) electrons. The molecular weight excluding hydrogens is 480 g/mol. The molecule has 1 aliphatic rings. The molecule has 1 atom stereocenters. The highest BCUT2D eigenvalue weighted by molar-refractivity contribution is 6.33. The molecule has 0 aromatic heterocycles. The predicted octanol–water partition coefficient (Wildman–Crippen LogP) is 7.21. The number of hydrogen-bond acceptors (Lipinski definition) is 4. The van der Waals surface area contributed by atoms with Crippen molar-refractivity contribution in [2.45, 2.75) is 44.9 Å². The van der Waals surface area contributed by atoms with E-state index >= 15 is 0 Å². The van der Waals surface area contributed by atoms with E-state index in [1.807, 2.05) is 43.3 Å². The summed E-state index contributed by atoms with van der Waals surface area (Å²) in [5.41, 5.74) is 3.97. The van der Waals surface area contributed by atoms with Crippen LogP contribution in [0.4, 0.5) is 5.69 Å². The molecule has 0 spiro atoms. The Morgan fingerprint density at radius 3 is 2.22 bits per heavy atom. The summed E-state index contributed by atoms with van der Waals surface area (Å²) in [4.78, 5) is 18.2. The van der Waals surface area contributed by atoms with Gasteiger partial charge in [0.2, 0.25) is 0 Å². The van der Waals surface area contributed by atoms with Crippen LogP contribution in [0.25, 0.3) is 11.1 Å². The molecule has 1 unspecified atom stereocenters. The van der Waals surface area contributed by atoms with Gasteiger partial charge in [0, 0.05) is 42.5 Å². The highest BCUT2D eigenvalue weighted by atomic mass is 35.5. The first-order valence-electron chi connectivity index (χ1n) is 13.6. The third-order valence-electron chi connectivity index (χ3n) is 7.63. The van der Waals surface area contributed by atoms with E-state index in [1.54, 1.807) is 0 Å². The lowest BCUT2D eigenvalue weighted by Crippen LogP contribution is -2.47. The van der Waals surface area contributed by atoms with Crippen LogP contribution in [-0.2, 0) is 14.9 Å². The van der Waals surface area contributed by atoms with Crippen LogP contribution >= 0.6 is 11.6 Å². The molecule has 1 saturated heterocycles. The molecule has 0 N–H and O–H groups in total. The topological polar surface area (TPSA) is 32.8 Å². The van der Waals surface area contributed by atoms with Gasteiger partial charge < -0.3 is 9.64 Å². The van der Waals surface area contributed by atoms with Crippen LogP contribution in [0.15, 0.2) is 78.9 Å². The van der Waals surface area contributed by atoms with Gasteiger partial charge in [0.15, 0.2) is 0 Å². The molecule has 3 aromatic rings. The molecular formula is C32H39ClN2O2. The summed E-state index contributed by atoms with van der Waals surface area (Å²) in [5.74, 6) is -0.0758. The van der Waals surface area contributed by atoms with Gasteiger partial charge in [0.25, 0.3) is 0 Å². The highest BCUT2D eigenvalue weighted by Crippen LogP contribution is 2.35. The minimum absolute atomic E-state index is 0.0758. The summed E-state index contributed by atoms with van der Waals surface area (Å²) in [5, 5.41) is 0.779. The summed E-state index contributed by atoms with van der Waals surface area (Å²) in [6.45, 7) is 9.67. The molecule has 4 rings (SSSR count). The molecule has 37 heavy (non-hydrogen) atoms. The number of carbonyl (C=O) groups excluding carboxylic acids is 1. The number of ether oxygens (including phenoxy) is 1. The molecule has 0 aliphatic carbocycles. The van der Waals surface area contributed by atoms with Crippen LogP contribution in [0.2, 0.25) is 5.02 Å². The van der Waals surface area contributed by atoms with Crippen LogP contribution in [-0.4, -0.2) is 50.2 Å². The van der Waals surface area contributed by atoms with E-state index < -0.39 is 5.41 Å². The van der Waals surface area contributed by atoms with Crippen molar-refractivity contribution in [3.05, 3.63) is 89.4 Å². The number of esters is 1. The maximum absolute atomic E-state index is 13.2. The maximum atomic E-state index is 13.2. The monoisotopic (exact) mass is 518 g/mol. The number of benzene rings is 3. The Balaban J connectivity index is 1.32. The van der Waals surface area contributed by atoms with Crippen molar-refractivity contribution in [2.24, 2.45) is 0 Å². The molecule has 0 bridgehead atoms. The lowest BCUT2D eigenvalue weighted by atomic mass is 9.74. The largest absolute Gasteiger partial charge is 0.465 e. The molecule has 4 nitrogen and oxygen atoms in total. The Bertz CT molecular complexity index is 1130. The molecule has 1 aliphatic heterocycles. The number of nitrogens with zero attached hydrogens (tertiary/aromatic N) is 2. The van der Waals surface area contributed by atoms with Gasteiger partial charge in [-0.15, -0.1) is 0 Å². The number of hydrogen-bond donors (Lipinski definition) is 0. The van der Waals surface area contributed by atoms with Crippen LogP contribution in [0.5, 0.6) is 0 Å². The first-order chi connectivity index (χ1) is 18.1. The van der Waals surface area contributed by atoms with E-state index in [2.05, 4.69) is 59.2 Å². The van der Waals surface area contributed by atoms with Gasteiger partial charge in [-0.2, -0.15) is 0 Å². The molecule has 5 heteroatoms. The quantitative estimate of drug-likeness (QED) is 0.251. The fraction of sp³-hybridized carbons (Fsp3) is 0.406. The summed E-state index contributed by atoms with van der Waals surface area (Å²) in [6.07, 6.45) is 3.36. The van der Waals surface area contributed by atoms with Crippen molar-refractivity contribution in [3.63, 3.8) is 0 Å². The zero-order valence-electron chi connectivity index (χ0n) is 22.2. The zero-order valence-corrected chi connectivity index (χ0v) is 22.9. The Morgan fingerprint density at radius 2 is 1.57 bits per heavy atom. The van der Waals surface area contributed by atoms with Crippen molar-refractivity contribution in [1.82, 2.24) is 4.90 Å².